The zero-order chi connectivity index (χ0) is 31.9. The molecule has 230 valence electrons. The summed E-state index contributed by atoms with van der Waals surface area (Å²) in [5, 5.41) is 1.80. The van der Waals surface area contributed by atoms with Crippen molar-refractivity contribution in [1.82, 2.24) is 0 Å². The molecule has 0 heterocycles. The number of allylic oxidation sites excluding steroid dienone is 4. The number of thioether (sulfide) groups is 1. The second kappa shape index (κ2) is 14.7. The summed E-state index contributed by atoms with van der Waals surface area (Å²) >= 11 is 9.22. The molecule has 0 unspecified atom stereocenters. The number of benzene rings is 5. The molecule has 0 saturated carbocycles. The Labute approximate surface area is 282 Å². The molecule has 1 aliphatic carbocycles. The first-order valence-electron chi connectivity index (χ1n) is 15.8. The van der Waals surface area contributed by atoms with Crippen LogP contribution < -0.4 is 9.80 Å². The Kier molecular flexibility index (Phi) is 10.1. The van der Waals surface area contributed by atoms with Crippen molar-refractivity contribution < 1.29 is 0 Å². The molecule has 0 spiro atoms. The van der Waals surface area contributed by atoms with E-state index in [0.29, 0.717) is 5.02 Å². The molecule has 5 aromatic rings. The highest BCUT2D eigenvalue weighted by Crippen LogP contribution is 2.47. The van der Waals surface area contributed by atoms with Gasteiger partial charge in [0, 0.05) is 33.3 Å². The Morgan fingerprint density at radius 2 is 1.24 bits per heavy atom. The van der Waals surface area contributed by atoms with Gasteiger partial charge in [0.1, 0.15) is 0 Å². The summed E-state index contributed by atoms with van der Waals surface area (Å²) in [5.41, 5.74) is 9.64. The average Bonchev–Trinajstić information content (AvgIpc) is 3.09. The quantitative estimate of drug-likeness (QED) is 0.0908. The molecule has 3 nitrogen and oxygen atoms in total. The molecule has 0 aromatic heterocycles. The van der Waals surface area contributed by atoms with Crippen LogP contribution in [-0.4, -0.2) is 5.04 Å². The van der Waals surface area contributed by atoms with Crippen molar-refractivity contribution in [2.45, 2.75) is 44.9 Å². The third kappa shape index (κ3) is 6.99. The number of aliphatic imine (C=N–C) groups is 1. The Hall–Kier alpha value is -4.51. The van der Waals surface area contributed by atoms with Crippen LogP contribution in [0.25, 0.3) is 0 Å². The predicted octanol–water partition coefficient (Wildman–Crippen LogP) is 13.1. The van der Waals surface area contributed by atoms with E-state index in [1.807, 2.05) is 18.2 Å². The van der Waals surface area contributed by atoms with Crippen LogP contribution in [0.5, 0.6) is 0 Å². The van der Waals surface area contributed by atoms with Crippen molar-refractivity contribution in [2.75, 3.05) is 9.80 Å². The number of anilines is 6. The molecule has 5 aromatic carbocycles. The van der Waals surface area contributed by atoms with Gasteiger partial charge < -0.3 is 9.80 Å². The molecule has 6 rings (SSSR count). The van der Waals surface area contributed by atoms with Crippen molar-refractivity contribution in [1.29, 1.82) is 0 Å². The first kappa shape index (κ1) is 31.5. The molecule has 0 radical (unpaired) electrons. The fourth-order valence-corrected chi connectivity index (χ4v) is 6.90. The van der Waals surface area contributed by atoms with E-state index >= 15 is 0 Å². The number of para-hydroxylation sites is 3. The number of hydrogen-bond acceptors (Lipinski definition) is 4. The lowest BCUT2D eigenvalue weighted by Crippen LogP contribution is -2.14. The third-order valence-electron chi connectivity index (χ3n) is 8.06. The summed E-state index contributed by atoms with van der Waals surface area (Å²) in [6.45, 7) is 6.52. The highest BCUT2D eigenvalue weighted by Gasteiger charge is 2.22. The van der Waals surface area contributed by atoms with E-state index in [-0.39, 0.29) is 0 Å². The minimum Gasteiger partial charge on any atom is -0.309 e. The van der Waals surface area contributed by atoms with Gasteiger partial charge in [0.25, 0.3) is 0 Å². The van der Waals surface area contributed by atoms with Crippen LogP contribution in [0.1, 0.15) is 38.7 Å². The minimum absolute atomic E-state index is 0.667. The van der Waals surface area contributed by atoms with Crippen LogP contribution in [0.2, 0.25) is 5.02 Å². The first-order chi connectivity index (χ1) is 22.5. The van der Waals surface area contributed by atoms with Gasteiger partial charge in [-0.25, -0.2) is 0 Å². The number of halogens is 1. The molecule has 0 N–H and O–H groups in total. The predicted molar refractivity (Wildman–Crippen MR) is 200 cm³/mol. The smallest absolute Gasteiger partial charge is 0.0887 e. The van der Waals surface area contributed by atoms with Crippen molar-refractivity contribution in [2.24, 2.45) is 4.99 Å². The second-order valence-corrected chi connectivity index (χ2v) is 12.8. The normalized spacial score (nSPS) is 13.2. The molecule has 0 atom stereocenters. The SMILES string of the molecule is CCC(=NC1=C(C)C=CCC1)Sc1ccc(N(c2ccccc2)c2cccc(N(c3ccccc3)c3ccccc3)c2Cl)cc1C. The highest BCUT2D eigenvalue weighted by atomic mass is 35.5. The van der Waals surface area contributed by atoms with E-state index in [4.69, 9.17) is 16.6 Å². The maximum atomic E-state index is 7.45. The zero-order valence-electron chi connectivity index (χ0n) is 26.5. The molecular formula is C41H38ClN3S. The number of aryl methyl sites for hydroxylation is 1. The monoisotopic (exact) mass is 639 g/mol. The molecule has 5 heteroatoms. The molecule has 0 fully saturated rings. The maximum absolute atomic E-state index is 7.45. The fraction of sp³-hybridized carbons (Fsp3) is 0.146. The van der Waals surface area contributed by atoms with Crippen LogP contribution in [0.3, 0.4) is 0 Å². The number of nitrogens with zero attached hydrogens (tertiary/aromatic N) is 3. The fourth-order valence-electron chi connectivity index (χ4n) is 5.70. The summed E-state index contributed by atoms with van der Waals surface area (Å²) in [6, 6.07) is 44.1. The third-order valence-corrected chi connectivity index (χ3v) is 9.74. The summed E-state index contributed by atoms with van der Waals surface area (Å²) in [6.07, 6.45) is 7.38. The van der Waals surface area contributed by atoms with Crippen LogP contribution in [0, 0.1) is 6.92 Å². The lowest BCUT2D eigenvalue weighted by molar-refractivity contribution is 0.921. The molecular weight excluding hydrogens is 602 g/mol. The minimum atomic E-state index is 0.667. The van der Waals surface area contributed by atoms with Gasteiger partial charge in [-0.1, -0.05) is 103 Å². The van der Waals surface area contributed by atoms with Crippen LogP contribution in [-0.2, 0) is 0 Å². The van der Waals surface area contributed by atoms with Gasteiger partial charge in [0.05, 0.1) is 21.4 Å². The van der Waals surface area contributed by atoms with Gasteiger partial charge in [0.15, 0.2) is 0 Å². The molecule has 0 aliphatic heterocycles. The molecule has 46 heavy (non-hydrogen) atoms. The van der Waals surface area contributed by atoms with E-state index < -0.39 is 0 Å². The van der Waals surface area contributed by atoms with Crippen molar-refractivity contribution in [3.8, 4) is 0 Å². The lowest BCUT2D eigenvalue weighted by Gasteiger charge is -2.31. The van der Waals surface area contributed by atoms with Crippen LogP contribution in [0.15, 0.2) is 161 Å². The van der Waals surface area contributed by atoms with Crippen LogP contribution >= 0.6 is 23.4 Å². The maximum Gasteiger partial charge on any atom is 0.0887 e. The Bertz CT molecular complexity index is 1840. The van der Waals surface area contributed by atoms with Crippen molar-refractivity contribution in [3.63, 3.8) is 0 Å². The first-order valence-corrected chi connectivity index (χ1v) is 17.0. The molecule has 0 bridgehead atoms. The largest absolute Gasteiger partial charge is 0.309 e. The summed E-state index contributed by atoms with van der Waals surface area (Å²) in [4.78, 5) is 10.8. The zero-order valence-corrected chi connectivity index (χ0v) is 28.1. The lowest BCUT2D eigenvalue weighted by atomic mass is 10.1. The summed E-state index contributed by atoms with van der Waals surface area (Å²) < 4.78 is 0. The van der Waals surface area contributed by atoms with E-state index in [1.54, 1.807) is 11.8 Å². The topological polar surface area (TPSA) is 18.8 Å². The Balaban J connectivity index is 1.42. The standard InChI is InChI=1S/C41H38ClN3S/c1-4-40(43-36-24-15-14-17-30(36)2)46-39-28-27-35(29-31(39)3)45(34-22-12-7-13-23-34)38-26-16-25-37(41(38)42)44(32-18-8-5-9-19-32)33-20-10-6-11-21-33/h5-14,16-23,25-29H,4,15,24H2,1-3H3. The Morgan fingerprint density at radius 1 is 0.696 bits per heavy atom. The van der Waals surface area contributed by atoms with E-state index in [1.165, 1.54) is 21.7 Å². The van der Waals surface area contributed by atoms with Gasteiger partial charge in [0.2, 0.25) is 0 Å². The van der Waals surface area contributed by atoms with Crippen molar-refractivity contribution in [3.05, 3.63) is 161 Å². The van der Waals surface area contributed by atoms with Gasteiger partial charge in [-0.15, -0.1) is 0 Å². The van der Waals surface area contributed by atoms with Gasteiger partial charge in [-0.3, -0.25) is 4.99 Å². The number of rotatable bonds is 9. The summed E-state index contributed by atoms with van der Waals surface area (Å²) in [5.74, 6) is 0. The molecule has 1 aliphatic rings. The second-order valence-electron chi connectivity index (χ2n) is 11.3. The van der Waals surface area contributed by atoms with Gasteiger partial charge in [-0.2, -0.15) is 0 Å². The average molecular weight is 640 g/mol. The highest BCUT2D eigenvalue weighted by molar-refractivity contribution is 8.14. The van der Waals surface area contributed by atoms with Gasteiger partial charge in [-0.05, 0) is 111 Å². The van der Waals surface area contributed by atoms with Gasteiger partial charge >= 0.3 is 0 Å². The molecule has 0 saturated heterocycles. The molecule has 0 amide bonds. The summed E-state index contributed by atoms with van der Waals surface area (Å²) in [7, 11) is 0. The Morgan fingerprint density at radius 3 is 1.74 bits per heavy atom. The van der Waals surface area contributed by atoms with E-state index in [2.05, 4.69) is 152 Å². The number of hydrogen-bond donors (Lipinski definition) is 0. The van der Waals surface area contributed by atoms with Crippen molar-refractivity contribution >= 4 is 62.5 Å². The van der Waals surface area contributed by atoms with Crippen LogP contribution in [0.4, 0.5) is 34.1 Å². The van der Waals surface area contributed by atoms with E-state index in [0.717, 1.165) is 58.4 Å². The van der Waals surface area contributed by atoms with E-state index in [9.17, 15) is 0 Å².